The van der Waals surface area contributed by atoms with Crippen molar-refractivity contribution in [3.8, 4) is 5.75 Å². The van der Waals surface area contributed by atoms with Gasteiger partial charge >= 0.3 is 5.97 Å². The van der Waals surface area contributed by atoms with E-state index in [0.29, 0.717) is 50.5 Å². The highest BCUT2D eigenvalue weighted by Crippen LogP contribution is 2.38. The van der Waals surface area contributed by atoms with E-state index in [4.69, 9.17) is 4.74 Å². The van der Waals surface area contributed by atoms with Crippen LogP contribution in [0.25, 0.3) is 0 Å². The van der Waals surface area contributed by atoms with Gasteiger partial charge in [0.1, 0.15) is 24.2 Å². The number of Topliss-reactive ketones (excluding diaryl/α,β-unsaturated/α-hetero) is 1. The Bertz CT molecular complexity index is 1060. The first-order valence-corrected chi connectivity index (χ1v) is 15.5. The van der Waals surface area contributed by atoms with E-state index in [-0.39, 0.29) is 42.3 Å². The Morgan fingerprint density at radius 1 is 1.05 bits per heavy atom. The fourth-order valence-corrected chi connectivity index (χ4v) is 5.44. The first kappa shape index (κ1) is 35.9. The van der Waals surface area contributed by atoms with Gasteiger partial charge in [0, 0.05) is 19.3 Å². The van der Waals surface area contributed by atoms with E-state index >= 15 is 0 Å². The standard InChI is InChI=1S/C32H48N2O9/c1-3-4-5-6-9-14-25(35)18-19-28-27(29(36)21-30(28)37)16-10-7-8-11-17-31(38)33-23(2)32(39)43-26-15-12-13-24(20-26)22-42-34(40)41/h7,10,12-13,15,20,23,27-30,36-37H,3-6,8-9,11,14,16-19,21-22H2,1-2H3,(H,33,38)/t23?,27-,28-,29+,30-/m1/s1. The van der Waals surface area contributed by atoms with E-state index in [9.17, 15) is 34.7 Å². The number of aliphatic hydroxyl groups excluding tert-OH is 2. The lowest BCUT2D eigenvalue weighted by molar-refractivity contribution is -0.763. The Kier molecular flexibility index (Phi) is 16.5. The summed E-state index contributed by atoms with van der Waals surface area (Å²) in [5, 5.41) is 33.0. The Balaban J connectivity index is 1.67. The minimum Gasteiger partial charge on any atom is -0.425 e. The van der Waals surface area contributed by atoms with Crippen molar-refractivity contribution in [2.75, 3.05) is 0 Å². The predicted molar refractivity (Wildman–Crippen MR) is 160 cm³/mol. The number of nitrogens with zero attached hydrogens (tertiary/aromatic N) is 1. The second kappa shape index (κ2) is 19.8. The zero-order valence-electron chi connectivity index (χ0n) is 25.4. The number of nitrogens with one attached hydrogen (secondary N) is 1. The molecule has 1 aliphatic rings. The average Bonchev–Trinajstić information content (AvgIpc) is 3.23. The number of benzene rings is 1. The zero-order chi connectivity index (χ0) is 31.6. The molecule has 1 amide bonds. The summed E-state index contributed by atoms with van der Waals surface area (Å²) < 4.78 is 5.27. The van der Waals surface area contributed by atoms with Gasteiger partial charge in [-0.05, 0) is 75.0 Å². The second-order valence-electron chi connectivity index (χ2n) is 11.4. The fraction of sp³-hybridized carbons (Fsp3) is 0.656. The third-order valence-electron chi connectivity index (χ3n) is 7.87. The van der Waals surface area contributed by atoms with Gasteiger partial charge in [-0.15, -0.1) is 10.1 Å². The summed E-state index contributed by atoms with van der Waals surface area (Å²) in [7, 11) is 0. The fourth-order valence-electron chi connectivity index (χ4n) is 5.44. The molecule has 0 saturated heterocycles. The van der Waals surface area contributed by atoms with Crippen LogP contribution in [0.3, 0.4) is 0 Å². The molecule has 0 bridgehead atoms. The summed E-state index contributed by atoms with van der Waals surface area (Å²) in [5.41, 5.74) is 0.458. The summed E-state index contributed by atoms with van der Waals surface area (Å²) >= 11 is 0. The molecular formula is C32H48N2O9. The number of esters is 1. The van der Waals surface area contributed by atoms with Gasteiger partial charge < -0.3 is 25.1 Å². The molecule has 1 fully saturated rings. The van der Waals surface area contributed by atoms with Crippen molar-refractivity contribution >= 4 is 17.7 Å². The molecule has 11 nitrogen and oxygen atoms in total. The van der Waals surface area contributed by atoms with E-state index in [0.717, 1.165) is 19.3 Å². The first-order valence-electron chi connectivity index (χ1n) is 15.5. The molecule has 1 aromatic rings. The summed E-state index contributed by atoms with van der Waals surface area (Å²) in [6.07, 6.45) is 12.2. The maximum absolute atomic E-state index is 12.4. The molecule has 0 spiro atoms. The molecule has 0 heterocycles. The molecule has 3 N–H and O–H groups in total. The molecule has 1 saturated carbocycles. The van der Waals surface area contributed by atoms with Crippen molar-refractivity contribution < 1.29 is 39.3 Å². The van der Waals surface area contributed by atoms with Crippen molar-refractivity contribution in [1.29, 1.82) is 0 Å². The van der Waals surface area contributed by atoms with Crippen LogP contribution in [-0.2, 0) is 25.8 Å². The summed E-state index contributed by atoms with van der Waals surface area (Å²) in [6, 6.07) is 5.26. The van der Waals surface area contributed by atoms with Gasteiger partial charge in [0.2, 0.25) is 5.91 Å². The molecule has 0 aliphatic heterocycles. The maximum atomic E-state index is 12.4. The predicted octanol–water partition coefficient (Wildman–Crippen LogP) is 4.99. The number of amides is 1. The highest BCUT2D eigenvalue weighted by molar-refractivity contribution is 5.85. The third kappa shape index (κ3) is 14.1. The Hall–Kier alpha value is -3.31. The minimum atomic E-state index is -0.907. The lowest BCUT2D eigenvalue weighted by atomic mass is 9.86. The molecule has 5 atom stereocenters. The van der Waals surface area contributed by atoms with Crippen molar-refractivity contribution in [2.24, 2.45) is 11.8 Å². The Labute approximate surface area is 254 Å². The summed E-state index contributed by atoms with van der Waals surface area (Å²) in [5.74, 6) is -0.744. The SMILES string of the molecule is CCCCCCCC(=O)CC[C@@H]1[C@@H](CC=CCCCC(=O)NC(C)C(=O)Oc2cccc(CO[N+](=O)[O-])c2)[C@@H](O)C[C@H]1O. The highest BCUT2D eigenvalue weighted by atomic mass is 16.9. The molecular weight excluding hydrogens is 556 g/mol. The van der Waals surface area contributed by atoms with Gasteiger partial charge in [0.25, 0.3) is 5.09 Å². The van der Waals surface area contributed by atoms with E-state index in [1.165, 1.54) is 31.9 Å². The van der Waals surface area contributed by atoms with Gasteiger partial charge in [0.15, 0.2) is 0 Å². The van der Waals surface area contributed by atoms with Gasteiger partial charge in [-0.1, -0.05) is 56.9 Å². The molecule has 43 heavy (non-hydrogen) atoms. The van der Waals surface area contributed by atoms with Crippen LogP contribution in [0.5, 0.6) is 5.75 Å². The summed E-state index contributed by atoms with van der Waals surface area (Å²) in [4.78, 5) is 51.7. The maximum Gasteiger partial charge on any atom is 0.333 e. The number of carbonyl (C=O) groups excluding carboxylic acids is 3. The van der Waals surface area contributed by atoms with E-state index in [1.807, 2.05) is 12.2 Å². The van der Waals surface area contributed by atoms with E-state index in [2.05, 4.69) is 17.1 Å². The van der Waals surface area contributed by atoms with Crippen LogP contribution < -0.4 is 10.1 Å². The number of hydrogen-bond donors (Lipinski definition) is 3. The molecule has 240 valence electrons. The topological polar surface area (TPSA) is 165 Å². The van der Waals surface area contributed by atoms with Crippen LogP contribution in [-0.4, -0.2) is 51.2 Å². The Morgan fingerprint density at radius 2 is 1.79 bits per heavy atom. The van der Waals surface area contributed by atoms with Crippen LogP contribution in [0, 0.1) is 22.0 Å². The molecule has 11 heteroatoms. The molecule has 0 aromatic heterocycles. The molecule has 1 aromatic carbocycles. The molecule has 2 rings (SSSR count). The number of rotatable bonds is 21. The number of ketones is 1. The minimum absolute atomic E-state index is 0.0972. The number of aliphatic hydroxyl groups is 2. The van der Waals surface area contributed by atoms with Gasteiger partial charge in [0.05, 0.1) is 12.2 Å². The molecule has 1 unspecified atom stereocenters. The lowest BCUT2D eigenvalue weighted by Crippen LogP contribution is -2.40. The number of allylic oxidation sites excluding steroid dienone is 2. The first-order chi connectivity index (χ1) is 20.6. The van der Waals surface area contributed by atoms with E-state index in [1.54, 1.807) is 12.1 Å². The number of carbonyl (C=O) groups is 3. The molecule has 1 aliphatic carbocycles. The third-order valence-corrected chi connectivity index (χ3v) is 7.87. The van der Waals surface area contributed by atoms with Crippen molar-refractivity contribution in [3.05, 3.63) is 52.1 Å². The van der Waals surface area contributed by atoms with Crippen LogP contribution in [0.2, 0.25) is 0 Å². The quantitative estimate of drug-likeness (QED) is 0.0438. The van der Waals surface area contributed by atoms with E-state index < -0.39 is 29.3 Å². The van der Waals surface area contributed by atoms with Gasteiger partial charge in [-0.2, -0.15) is 0 Å². The average molecular weight is 605 g/mol. The largest absolute Gasteiger partial charge is 0.425 e. The van der Waals surface area contributed by atoms with Crippen LogP contribution >= 0.6 is 0 Å². The Morgan fingerprint density at radius 3 is 2.53 bits per heavy atom. The number of ether oxygens (including phenoxy) is 1. The van der Waals surface area contributed by atoms with Crippen molar-refractivity contribution in [3.63, 3.8) is 0 Å². The zero-order valence-corrected chi connectivity index (χ0v) is 25.4. The van der Waals surface area contributed by atoms with Crippen LogP contribution in [0.15, 0.2) is 36.4 Å². The van der Waals surface area contributed by atoms with Crippen molar-refractivity contribution in [1.82, 2.24) is 5.32 Å². The normalized spacial score (nSPS) is 20.6. The summed E-state index contributed by atoms with van der Waals surface area (Å²) in [6.45, 7) is 3.40. The monoisotopic (exact) mass is 604 g/mol. The lowest BCUT2D eigenvalue weighted by Gasteiger charge is -2.22. The number of unbranched alkanes of at least 4 members (excludes halogenated alkanes) is 5. The number of hydrogen-bond acceptors (Lipinski definition) is 9. The molecule has 0 radical (unpaired) electrons. The highest BCUT2D eigenvalue weighted by Gasteiger charge is 2.40. The second-order valence-corrected chi connectivity index (χ2v) is 11.4. The van der Waals surface area contributed by atoms with Crippen LogP contribution in [0.4, 0.5) is 0 Å². The van der Waals surface area contributed by atoms with Crippen molar-refractivity contribution in [2.45, 2.75) is 122 Å². The smallest absolute Gasteiger partial charge is 0.333 e. The van der Waals surface area contributed by atoms with Gasteiger partial charge in [-0.3, -0.25) is 9.59 Å². The van der Waals surface area contributed by atoms with Crippen LogP contribution in [0.1, 0.15) is 103 Å². The van der Waals surface area contributed by atoms with Gasteiger partial charge in [-0.25, -0.2) is 4.79 Å².